The van der Waals surface area contributed by atoms with Gasteiger partial charge in [0, 0.05) is 44.7 Å². The summed E-state index contributed by atoms with van der Waals surface area (Å²) in [5, 5.41) is 6.98. The van der Waals surface area contributed by atoms with E-state index in [1.807, 2.05) is 18.2 Å². The number of hydrogen-bond donors (Lipinski definition) is 0. The molecule has 0 saturated heterocycles. The first-order valence-electron chi connectivity index (χ1n) is 16.6. The predicted molar refractivity (Wildman–Crippen MR) is 204 cm³/mol. The number of anilines is 3. The summed E-state index contributed by atoms with van der Waals surface area (Å²) in [4.78, 5) is 2.29. The quantitative estimate of drug-likeness (QED) is 0.190. The molecule has 0 aliphatic rings. The van der Waals surface area contributed by atoms with Crippen molar-refractivity contribution in [2.45, 2.75) is 0 Å². The second-order valence-electron chi connectivity index (χ2n) is 12.5. The maximum atomic E-state index is 6.38. The van der Waals surface area contributed by atoms with Gasteiger partial charge in [0.2, 0.25) is 0 Å². The van der Waals surface area contributed by atoms with E-state index in [0.29, 0.717) is 0 Å². The Morgan fingerprint density at radius 2 is 0.857 bits per heavy atom. The summed E-state index contributed by atoms with van der Waals surface area (Å²) in [5.41, 5.74) is 11.4. The summed E-state index contributed by atoms with van der Waals surface area (Å²) in [6, 6.07) is 62.0. The monoisotopic (exact) mass is 627 g/mol. The lowest BCUT2D eigenvalue weighted by atomic mass is 10.0. The molecule has 3 nitrogen and oxygen atoms in total. The van der Waals surface area contributed by atoms with Gasteiger partial charge in [0.05, 0.1) is 0 Å². The highest BCUT2D eigenvalue weighted by Gasteiger charge is 2.17. The second-order valence-corrected chi connectivity index (χ2v) is 12.5. The number of fused-ring (bicyclic) bond motifs is 8. The lowest BCUT2D eigenvalue weighted by Gasteiger charge is -2.26. The third-order valence-electron chi connectivity index (χ3n) is 9.67. The van der Waals surface area contributed by atoms with Crippen molar-refractivity contribution >= 4 is 71.7 Å². The molecule has 10 rings (SSSR count). The molecule has 8 aromatic carbocycles. The van der Waals surface area contributed by atoms with Crippen LogP contribution in [0, 0.1) is 0 Å². The molecule has 0 aliphatic heterocycles. The lowest BCUT2D eigenvalue weighted by molar-refractivity contribution is 0.668. The third-order valence-corrected chi connectivity index (χ3v) is 9.67. The van der Waals surface area contributed by atoms with Crippen LogP contribution in [0.1, 0.15) is 0 Å². The minimum absolute atomic E-state index is 0.869. The first kappa shape index (κ1) is 27.5. The van der Waals surface area contributed by atoms with E-state index in [0.717, 1.165) is 66.7 Å². The molecule has 0 radical (unpaired) electrons. The molecular formula is C46H29NO2. The Kier molecular flexibility index (Phi) is 6.18. The molecule has 230 valence electrons. The highest BCUT2D eigenvalue weighted by atomic mass is 16.3. The summed E-state index contributed by atoms with van der Waals surface area (Å²) in [7, 11) is 0. The van der Waals surface area contributed by atoms with Gasteiger partial charge in [-0.15, -0.1) is 0 Å². The second kappa shape index (κ2) is 11.0. The van der Waals surface area contributed by atoms with Crippen LogP contribution in [-0.2, 0) is 0 Å². The van der Waals surface area contributed by atoms with E-state index in [2.05, 4.69) is 163 Å². The van der Waals surface area contributed by atoms with Crippen LogP contribution in [0.2, 0.25) is 0 Å². The molecule has 0 spiro atoms. The van der Waals surface area contributed by atoms with Gasteiger partial charge in [0.15, 0.2) is 0 Å². The largest absolute Gasteiger partial charge is 0.456 e. The average Bonchev–Trinajstić information content (AvgIpc) is 3.74. The van der Waals surface area contributed by atoms with Crippen molar-refractivity contribution in [3.63, 3.8) is 0 Å². The van der Waals surface area contributed by atoms with Gasteiger partial charge in [0.1, 0.15) is 22.3 Å². The molecule has 2 aromatic heterocycles. The standard InChI is InChI=1S/C46H29NO2/c1-2-8-30(9-3-1)31-14-20-35(21-15-31)47(37-24-26-40-39-12-6-7-13-42(39)48-45(40)29-37)36-22-16-32(17-23-36)34-18-25-41-44(28-34)49-43-27-19-33-10-4-5-11-38(33)46(41)43/h1-29H. The van der Waals surface area contributed by atoms with Crippen LogP contribution in [0.15, 0.2) is 185 Å². The van der Waals surface area contributed by atoms with Gasteiger partial charge in [-0.3, -0.25) is 0 Å². The average molecular weight is 628 g/mol. The first-order valence-corrected chi connectivity index (χ1v) is 16.6. The van der Waals surface area contributed by atoms with Crippen LogP contribution >= 0.6 is 0 Å². The molecule has 10 aromatic rings. The highest BCUT2D eigenvalue weighted by molar-refractivity contribution is 6.19. The Balaban J connectivity index is 1.06. The van der Waals surface area contributed by atoms with Gasteiger partial charge in [0.25, 0.3) is 0 Å². The molecule has 0 atom stereocenters. The molecule has 2 heterocycles. The van der Waals surface area contributed by atoms with Crippen molar-refractivity contribution < 1.29 is 8.83 Å². The highest BCUT2D eigenvalue weighted by Crippen LogP contribution is 2.41. The molecule has 0 bridgehead atoms. The zero-order valence-corrected chi connectivity index (χ0v) is 26.5. The number of para-hydroxylation sites is 1. The van der Waals surface area contributed by atoms with Crippen molar-refractivity contribution in [1.82, 2.24) is 0 Å². The minimum Gasteiger partial charge on any atom is -0.456 e. The number of benzene rings is 8. The van der Waals surface area contributed by atoms with Crippen LogP contribution < -0.4 is 4.90 Å². The molecule has 3 heteroatoms. The van der Waals surface area contributed by atoms with Crippen LogP contribution in [0.5, 0.6) is 0 Å². The SMILES string of the molecule is c1ccc(-c2ccc(N(c3ccc(-c4ccc5c(c4)oc4ccc6ccccc6c45)cc3)c3ccc4c(c3)oc3ccccc34)cc2)cc1. The van der Waals surface area contributed by atoms with Crippen LogP contribution in [0.3, 0.4) is 0 Å². The summed E-state index contributed by atoms with van der Waals surface area (Å²) in [5.74, 6) is 0. The normalized spacial score (nSPS) is 11.7. The van der Waals surface area contributed by atoms with Gasteiger partial charge in [-0.1, -0.05) is 109 Å². The van der Waals surface area contributed by atoms with Crippen molar-refractivity contribution in [3.8, 4) is 22.3 Å². The first-order chi connectivity index (χ1) is 24.3. The molecule has 0 aliphatic carbocycles. The number of hydrogen-bond acceptors (Lipinski definition) is 3. The number of furan rings is 2. The van der Waals surface area contributed by atoms with Crippen LogP contribution in [0.25, 0.3) is 76.9 Å². The zero-order valence-electron chi connectivity index (χ0n) is 26.5. The molecule has 0 amide bonds. The summed E-state index contributed by atoms with van der Waals surface area (Å²) in [6.07, 6.45) is 0. The van der Waals surface area contributed by atoms with Crippen molar-refractivity contribution in [2.75, 3.05) is 4.90 Å². The van der Waals surface area contributed by atoms with E-state index in [-0.39, 0.29) is 0 Å². The molecule has 0 saturated carbocycles. The van der Waals surface area contributed by atoms with Crippen LogP contribution in [-0.4, -0.2) is 0 Å². The van der Waals surface area contributed by atoms with Gasteiger partial charge >= 0.3 is 0 Å². The van der Waals surface area contributed by atoms with Gasteiger partial charge in [-0.2, -0.15) is 0 Å². The molecule has 0 fully saturated rings. The third kappa shape index (κ3) is 4.59. The Labute approximate surface area is 282 Å². The van der Waals surface area contributed by atoms with Crippen molar-refractivity contribution in [3.05, 3.63) is 176 Å². The number of rotatable bonds is 5. The summed E-state index contributed by atoms with van der Waals surface area (Å²) < 4.78 is 12.7. The Bertz CT molecular complexity index is 2810. The molecule has 0 unspecified atom stereocenters. The maximum absolute atomic E-state index is 6.38. The summed E-state index contributed by atoms with van der Waals surface area (Å²) in [6.45, 7) is 0. The molecule has 0 N–H and O–H groups in total. The van der Waals surface area contributed by atoms with Crippen molar-refractivity contribution in [1.29, 1.82) is 0 Å². The fraction of sp³-hybridized carbons (Fsp3) is 0. The predicted octanol–water partition coefficient (Wildman–Crippen LogP) is 13.4. The Morgan fingerprint density at radius 1 is 0.306 bits per heavy atom. The van der Waals surface area contributed by atoms with E-state index in [1.54, 1.807) is 0 Å². The Hall–Kier alpha value is -6.58. The van der Waals surface area contributed by atoms with Gasteiger partial charge in [-0.25, -0.2) is 0 Å². The number of nitrogens with zero attached hydrogens (tertiary/aromatic N) is 1. The van der Waals surface area contributed by atoms with E-state index < -0.39 is 0 Å². The van der Waals surface area contributed by atoms with E-state index in [1.165, 1.54) is 27.3 Å². The Morgan fingerprint density at radius 3 is 1.65 bits per heavy atom. The van der Waals surface area contributed by atoms with E-state index in [4.69, 9.17) is 8.83 Å². The fourth-order valence-electron chi connectivity index (χ4n) is 7.26. The lowest BCUT2D eigenvalue weighted by Crippen LogP contribution is -2.09. The van der Waals surface area contributed by atoms with E-state index in [9.17, 15) is 0 Å². The molecular weight excluding hydrogens is 599 g/mol. The summed E-state index contributed by atoms with van der Waals surface area (Å²) >= 11 is 0. The minimum atomic E-state index is 0.869. The van der Waals surface area contributed by atoms with E-state index >= 15 is 0 Å². The topological polar surface area (TPSA) is 29.5 Å². The molecule has 49 heavy (non-hydrogen) atoms. The van der Waals surface area contributed by atoms with Crippen molar-refractivity contribution in [2.24, 2.45) is 0 Å². The van der Waals surface area contributed by atoms with Gasteiger partial charge < -0.3 is 13.7 Å². The van der Waals surface area contributed by atoms with Gasteiger partial charge in [-0.05, 0) is 93.7 Å². The fourth-order valence-corrected chi connectivity index (χ4v) is 7.26. The smallest absolute Gasteiger partial charge is 0.137 e. The zero-order chi connectivity index (χ0) is 32.3. The van der Waals surface area contributed by atoms with Crippen LogP contribution in [0.4, 0.5) is 17.1 Å². The maximum Gasteiger partial charge on any atom is 0.137 e.